The maximum atomic E-state index is 13.5. The Labute approximate surface area is 260 Å². The second-order valence-corrected chi connectivity index (χ2v) is 10.3. The highest BCUT2D eigenvalue weighted by Crippen LogP contribution is 2.43. The molecule has 1 fully saturated rings. The van der Waals surface area contributed by atoms with Gasteiger partial charge in [-0.1, -0.05) is 59.7 Å². The first-order valence-corrected chi connectivity index (χ1v) is 14.0. The van der Waals surface area contributed by atoms with Crippen LogP contribution in [0.1, 0.15) is 49.8 Å². The molecule has 1 unspecified atom stereocenters. The van der Waals surface area contributed by atoms with E-state index in [1.54, 1.807) is 66.7 Å². The van der Waals surface area contributed by atoms with Crippen LogP contribution in [0.5, 0.6) is 0 Å². The molecule has 234 valence electrons. The van der Waals surface area contributed by atoms with Gasteiger partial charge in [0.2, 0.25) is 0 Å². The van der Waals surface area contributed by atoms with Crippen molar-refractivity contribution in [2.75, 3.05) is 6.61 Å². The van der Waals surface area contributed by atoms with Gasteiger partial charge in [-0.25, -0.2) is 19.2 Å². The van der Waals surface area contributed by atoms with Crippen molar-refractivity contribution in [3.63, 3.8) is 0 Å². The van der Waals surface area contributed by atoms with Crippen LogP contribution in [0.4, 0.5) is 0 Å². The average molecular weight is 626 g/mol. The molecule has 2 heterocycles. The summed E-state index contributed by atoms with van der Waals surface area (Å²) < 4.78 is 24.6. The van der Waals surface area contributed by atoms with E-state index < -0.39 is 66.3 Å². The number of H-pyrrole nitrogens is 1. The number of nitrogens with one attached hydrogen (secondary N) is 1. The van der Waals surface area contributed by atoms with Crippen molar-refractivity contribution >= 4 is 17.9 Å². The van der Waals surface area contributed by atoms with Gasteiger partial charge in [-0.2, -0.15) is 0 Å². The van der Waals surface area contributed by atoms with Crippen LogP contribution in [0, 0.1) is 0 Å². The fraction of sp³-hybridized carbons (Fsp3) is 0.219. The Hall–Kier alpha value is -5.98. The van der Waals surface area contributed by atoms with Gasteiger partial charge in [0.25, 0.3) is 5.56 Å². The highest BCUT2D eigenvalue weighted by molar-refractivity contribution is 5.91. The van der Waals surface area contributed by atoms with Crippen LogP contribution in [-0.4, -0.2) is 51.9 Å². The van der Waals surface area contributed by atoms with Crippen LogP contribution in [0.25, 0.3) is 10.4 Å². The average Bonchev–Trinajstić information content (AvgIpc) is 3.34. The number of rotatable bonds is 10. The van der Waals surface area contributed by atoms with Crippen molar-refractivity contribution in [1.82, 2.24) is 9.55 Å². The summed E-state index contributed by atoms with van der Waals surface area (Å²) in [6.45, 7) is 0.494. The lowest BCUT2D eigenvalue weighted by Crippen LogP contribution is -2.52. The fourth-order valence-corrected chi connectivity index (χ4v) is 4.98. The predicted octanol–water partition coefficient (Wildman–Crippen LogP) is 3.94. The Kier molecular flexibility index (Phi) is 9.41. The number of hydrogen-bond acceptors (Lipinski definition) is 10. The monoisotopic (exact) mass is 625 g/mol. The van der Waals surface area contributed by atoms with Gasteiger partial charge < -0.3 is 18.9 Å². The number of carbonyl (C=O) groups is 3. The van der Waals surface area contributed by atoms with Crippen molar-refractivity contribution in [1.29, 1.82) is 0 Å². The Balaban J connectivity index is 1.59. The standard InChI is InChI=1S/C32H27N5O9/c1-32(46-29(41)22-15-9-4-10-16-22)25(45-28(40)21-13-7-3-8-14-21)24(19-43-27(39)20-11-5-2-6-12-20)44-30(32)37-18-23(17-34-36-33)26(38)35-31(37)42/h2-16,18,24-25,30H,17,19H2,1H3,(H,35,38,42)/t24-,25?,30-,32+/m1/s1. The van der Waals surface area contributed by atoms with Gasteiger partial charge in [0.05, 0.1) is 23.2 Å². The second-order valence-electron chi connectivity index (χ2n) is 10.3. The summed E-state index contributed by atoms with van der Waals surface area (Å²) in [7, 11) is 0. The quantitative estimate of drug-likeness (QED) is 0.0893. The second kappa shape index (κ2) is 13.8. The molecular formula is C32H27N5O9. The van der Waals surface area contributed by atoms with Gasteiger partial charge in [-0.15, -0.1) is 0 Å². The Bertz CT molecular complexity index is 1890. The number of benzene rings is 3. The first-order valence-electron chi connectivity index (χ1n) is 14.0. The molecule has 0 spiro atoms. The largest absolute Gasteiger partial charge is 0.459 e. The first-order chi connectivity index (χ1) is 22.2. The molecule has 0 bridgehead atoms. The third-order valence-electron chi connectivity index (χ3n) is 7.25. The molecule has 1 N–H and O–H groups in total. The van der Waals surface area contributed by atoms with Crippen LogP contribution in [0.15, 0.2) is 112 Å². The van der Waals surface area contributed by atoms with Gasteiger partial charge in [0, 0.05) is 16.7 Å². The van der Waals surface area contributed by atoms with Crippen molar-refractivity contribution < 1.29 is 33.3 Å². The minimum absolute atomic E-state index is 0.102. The van der Waals surface area contributed by atoms with Crippen LogP contribution in [0.2, 0.25) is 0 Å². The zero-order chi connectivity index (χ0) is 32.7. The van der Waals surface area contributed by atoms with E-state index in [1.807, 2.05) is 0 Å². The lowest BCUT2D eigenvalue weighted by molar-refractivity contribution is -0.111. The molecule has 3 aromatic carbocycles. The zero-order valence-corrected chi connectivity index (χ0v) is 24.3. The van der Waals surface area contributed by atoms with E-state index >= 15 is 0 Å². The molecule has 0 aliphatic carbocycles. The summed E-state index contributed by atoms with van der Waals surface area (Å²) in [5.74, 6) is -2.36. The molecule has 0 radical (unpaired) electrons. The zero-order valence-electron chi connectivity index (χ0n) is 24.3. The van der Waals surface area contributed by atoms with Gasteiger partial charge in [-0.05, 0) is 48.9 Å². The SMILES string of the molecule is C[C@]1(OC(=O)c2ccccc2)C(OC(=O)c2ccccc2)[C@@H](COC(=O)c2ccccc2)O[C@H]1n1cc(CN=[N+]=[N-])c(=O)[nH]c1=O. The van der Waals surface area contributed by atoms with E-state index in [1.165, 1.54) is 31.2 Å². The van der Waals surface area contributed by atoms with E-state index in [0.29, 0.717) is 0 Å². The molecule has 46 heavy (non-hydrogen) atoms. The van der Waals surface area contributed by atoms with Crippen LogP contribution < -0.4 is 11.2 Å². The van der Waals surface area contributed by atoms with E-state index in [-0.39, 0.29) is 22.3 Å². The molecule has 14 heteroatoms. The number of esters is 3. The third-order valence-corrected chi connectivity index (χ3v) is 7.25. The smallest absolute Gasteiger partial charge is 0.338 e. The minimum atomic E-state index is -1.96. The third kappa shape index (κ3) is 6.73. The number of azide groups is 1. The van der Waals surface area contributed by atoms with Gasteiger partial charge in [-0.3, -0.25) is 14.3 Å². The van der Waals surface area contributed by atoms with Crippen molar-refractivity contribution in [2.24, 2.45) is 5.11 Å². The maximum absolute atomic E-state index is 13.5. The Morgan fingerprint density at radius 2 is 1.43 bits per heavy atom. The molecule has 4 aromatic rings. The van der Waals surface area contributed by atoms with E-state index in [4.69, 9.17) is 24.5 Å². The lowest BCUT2D eigenvalue weighted by atomic mass is 9.95. The molecule has 1 saturated heterocycles. The van der Waals surface area contributed by atoms with Crippen LogP contribution in [0.3, 0.4) is 0 Å². The molecule has 1 aliphatic rings. The van der Waals surface area contributed by atoms with Crippen molar-refractivity contribution in [2.45, 2.75) is 37.5 Å². The summed E-state index contributed by atoms with van der Waals surface area (Å²) in [5.41, 5.74) is 5.51. The summed E-state index contributed by atoms with van der Waals surface area (Å²) in [6.07, 6.45) is -3.17. The number of ether oxygens (including phenoxy) is 4. The first kappa shape index (κ1) is 31.4. The van der Waals surface area contributed by atoms with Crippen molar-refractivity contribution in [3.05, 3.63) is 151 Å². The van der Waals surface area contributed by atoms with Crippen molar-refractivity contribution in [3.8, 4) is 0 Å². The Morgan fingerprint density at radius 1 is 0.891 bits per heavy atom. The highest BCUT2D eigenvalue weighted by atomic mass is 16.7. The summed E-state index contributed by atoms with van der Waals surface area (Å²) in [5, 5.41) is 3.40. The normalized spacial score (nSPS) is 20.2. The van der Waals surface area contributed by atoms with Crippen LogP contribution >= 0.6 is 0 Å². The van der Waals surface area contributed by atoms with Gasteiger partial charge in [0.1, 0.15) is 12.7 Å². The lowest BCUT2D eigenvalue weighted by Gasteiger charge is -2.34. The van der Waals surface area contributed by atoms with Gasteiger partial charge >= 0.3 is 23.6 Å². The Morgan fingerprint density at radius 3 is 2.00 bits per heavy atom. The number of nitrogens with zero attached hydrogens (tertiary/aromatic N) is 4. The number of aromatic nitrogens is 2. The van der Waals surface area contributed by atoms with E-state index in [9.17, 15) is 24.0 Å². The molecule has 4 atom stereocenters. The minimum Gasteiger partial charge on any atom is -0.459 e. The number of carbonyl (C=O) groups excluding carboxylic acids is 3. The number of aromatic amines is 1. The molecule has 14 nitrogen and oxygen atoms in total. The molecule has 0 amide bonds. The highest BCUT2D eigenvalue weighted by Gasteiger charge is 2.60. The predicted molar refractivity (Wildman–Crippen MR) is 161 cm³/mol. The maximum Gasteiger partial charge on any atom is 0.338 e. The van der Waals surface area contributed by atoms with Gasteiger partial charge in [0.15, 0.2) is 17.9 Å². The molecular weight excluding hydrogens is 598 g/mol. The van der Waals surface area contributed by atoms with E-state index in [0.717, 1.165) is 10.8 Å². The molecule has 1 aliphatic heterocycles. The van der Waals surface area contributed by atoms with E-state index in [2.05, 4.69) is 15.0 Å². The fourth-order valence-electron chi connectivity index (χ4n) is 4.98. The number of hydrogen-bond donors (Lipinski definition) is 1. The summed E-state index contributed by atoms with van der Waals surface area (Å²) >= 11 is 0. The molecule has 0 saturated carbocycles. The summed E-state index contributed by atoms with van der Waals surface area (Å²) in [4.78, 5) is 70.2. The topological polar surface area (TPSA) is 192 Å². The molecule has 1 aromatic heterocycles. The van der Waals surface area contributed by atoms with Crippen LogP contribution in [-0.2, 0) is 25.5 Å². The molecule has 5 rings (SSSR count). The summed E-state index contributed by atoms with van der Waals surface area (Å²) in [6, 6.07) is 24.1.